The number of H-pyrrole nitrogens is 1. The Balaban J connectivity index is 1.22. The minimum atomic E-state index is -0.602. The van der Waals surface area contributed by atoms with E-state index in [0.29, 0.717) is 27.9 Å². The number of nitrogens with one attached hydrogen (secondary N) is 2. The Hall–Kier alpha value is -4.26. The van der Waals surface area contributed by atoms with E-state index in [2.05, 4.69) is 33.5 Å². The molecule has 188 valence electrons. The Labute approximate surface area is 214 Å². The molecule has 1 atom stereocenters. The molecule has 0 fully saturated rings. The third-order valence-corrected chi connectivity index (χ3v) is 6.84. The first-order chi connectivity index (χ1) is 18.0. The second-order valence-corrected chi connectivity index (χ2v) is 9.46. The van der Waals surface area contributed by atoms with Crippen molar-refractivity contribution in [3.05, 3.63) is 111 Å². The van der Waals surface area contributed by atoms with Crippen LogP contribution >= 0.6 is 0 Å². The Morgan fingerprint density at radius 1 is 1.00 bits per heavy atom. The molecule has 7 heteroatoms. The van der Waals surface area contributed by atoms with Crippen molar-refractivity contribution < 1.29 is 14.3 Å². The van der Waals surface area contributed by atoms with Gasteiger partial charge in [-0.2, -0.15) is 0 Å². The van der Waals surface area contributed by atoms with E-state index in [1.807, 2.05) is 13.0 Å². The van der Waals surface area contributed by atoms with Crippen LogP contribution in [-0.2, 0) is 28.8 Å². The molecule has 0 radical (unpaired) electrons. The molecule has 37 heavy (non-hydrogen) atoms. The number of fused-ring (bicyclic) bond motifs is 2. The minimum Gasteiger partial charge on any atom is -0.452 e. The lowest BCUT2D eigenvalue weighted by Gasteiger charge is -2.20. The number of hydrogen-bond acceptors (Lipinski definition) is 5. The number of hydrogen-bond donors (Lipinski definition) is 2. The normalized spacial score (nSPS) is 13.5. The molecule has 0 saturated carbocycles. The lowest BCUT2D eigenvalue weighted by atomic mass is 9.89. The zero-order valence-electron chi connectivity index (χ0n) is 20.8. The highest BCUT2D eigenvalue weighted by atomic mass is 16.5. The zero-order valence-corrected chi connectivity index (χ0v) is 20.8. The van der Waals surface area contributed by atoms with Crippen LogP contribution in [0.25, 0.3) is 10.9 Å². The molecular formula is C30H29N3O4. The van der Waals surface area contributed by atoms with Crippen molar-refractivity contribution in [1.82, 2.24) is 15.3 Å². The number of aromatic amines is 1. The summed E-state index contributed by atoms with van der Waals surface area (Å²) in [7, 11) is 0. The van der Waals surface area contributed by atoms with Crippen molar-refractivity contribution in [2.75, 3.05) is 6.61 Å². The summed E-state index contributed by atoms with van der Waals surface area (Å²) in [4.78, 5) is 45.1. The number of carbonyl (C=O) groups is 2. The molecular weight excluding hydrogens is 466 g/mol. The maximum atomic E-state index is 12.9. The first-order valence-corrected chi connectivity index (χ1v) is 12.6. The van der Waals surface area contributed by atoms with E-state index in [9.17, 15) is 14.4 Å². The van der Waals surface area contributed by atoms with Gasteiger partial charge in [0.25, 0.3) is 11.5 Å². The Morgan fingerprint density at radius 3 is 2.62 bits per heavy atom. The average Bonchev–Trinajstić information content (AvgIpc) is 2.92. The van der Waals surface area contributed by atoms with Crippen LogP contribution in [0.5, 0.6) is 0 Å². The molecule has 7 nitrogen and oxygen atoms in total. The van der Waals surface area contributed by atoms with Crippen LogP contribution in [-0.4, -0.2) is 28.5 Å². The van der Waals surface area contributed by atoms with Crippen LogP contribution < -0.4 is 10.9 Å². The molecule has 0 saturated heterocycles. The summed E-state index contributed by atoms with van der Waals surface area (Å²) < 4.78 is 5.35. The molecule has 0 aliphatic heterocycles. The first kappa shape index (κ1) is 24.4. The molecule has 1 unspecified atom stereocenters. The number of carbonyl (C=O) groups excluding carboxylic acids is 2. The van der Waals surface area contributed by atoms with E-state index in [0.717, 1.165) is 18.4 Å². The Bertz CT molecular complexity index is 1530. The van der Waals surface area contributed by atoms with Crippen molar-refractivity contribution in [3.8, 4) is 0 Å². The zero-order chi connectivity index (χ0) is 25.8. The van der Waals surface area contributed by atoms with Gasteiger partial charge in [-0.1, -0.05) is 48.5 Å². The standard InChI is InChI=1S/C30H29N3O4/c1-19(21-15-14-20-8-2-3-9-22(20)16-21)31-28(34)18-37-30(36)24-11-5-4-10-23(24)17-27-32-26-13-7-6-12-25(26)29(35)33-27/h4-7,10-16,19H,2-3,8-9,17-18H2,1H3,(H,31,34)(H,32,33,35). The third-order valence-electron chi connectivity index (χ3n) is 6.84. The van der Waals surface area contributed by atoms with Gasteiger partial charge in [0.15, 0.2) is 6.61 Å². The quantitative estimate of drug-likeness (QED) is 0.370. The largest absolute Gasteiger partial charge is 0.452 e. The van der Waals surface area contributed by atoms with Crippen LogP contribution in [0.15, 0.2) is 71.5 Å². The molecule has 1 heterocycles. The minimum absolute atomic E-state index is 0.193. The molecule has 1 aromatic heterocycles. The molecule has 3 aromatic carbocycles. The SMILES string of the molecule is CC(NC(=O)COC(=O)c1ccccc1Cc1nc2ccccc2c(=O)[nH]1)c1ccc2c(c1)CCCC2. The molecule has 1 aliphatic carbocycles. The lowest BCUT2D eigenvalue weighted by Crippen LogP contribution is -2.31. The summed E-state index contributed by atoms with van der Waals surface area (Å²) in [5.41, 5.74) is 5.13. The highest BCUT2D eigenvalue weighted by Gasteiger charge is 2.18. The second kappa shape index (κ2) is 10.8. The van der Waals surface area contributed by atoms with Crippen molar-refractivity contribution in [3.63, 3.8) is 0 Å². The summed E-state index contributed by atoms with van der Waals surface area (Å²) in [6.07, 6.45) is 4.85. The van der Waals surface area contributed by atoms with E-state index in [-0.39, 0.29) is 30.5 Å². The molecule has 0 spiro atoms. The monoisotopic (exact) mass is 495 g/mol. The average molecular weight is 496 g/mol. The Kier molecular flexibility index (Phi) is 7.12. The topological polar surface area (TPSA) is 101 Å². The highest BCUT2D eigenvalue weighted by Crippen LogP contribution is 2.24. The van der Waals surface area contributed by atoms with Gasteiger partial charge in [0, 0.05) is 6.42 Å². The van der Waals surface area contributed by atoms with Gasteiger partial charge < -0.3 is 15.0 Å². The molecule has 0 bridgehead atoms. The van der Waals surface area contributed by atoms with E-state index < -0.39 is 5.97 Å². The van der Waals surface area contributed by atoms with E-state index in [1.54, 1.807) is 42.5 Å². The number of rotatable bonds is 7. The van der Waals surface area contributed by atoms with E-state index in [4.69, 9.17) is 4.74 Å². The number of benzene rings is 3. The Morgan fingerprint density at radius 2 is 1.76 bits per heavy atom. The van der Waals surface area contributed by atoms with Crippen molar-refractivity contribution in [2.45, 2.75) is 45.1 Å². The van der Waals surface area contributed by atoms with Crippen LogP contribution in [0.1, 0.15) is 64.2 Å². The van der Waals surface area contributed by atoms with Gasteiger partial charge in [-0.25, -0.2) is 9.78 Å². The summed E-state index contributed by atoms with van der Waals surface area (Å²) in [5, 5.41) is 3.43. The number of para-hydroxylation sites is 1. The fourth-order valence-corrected chi connectivity index (χ4v) is 4.87. The molecule has 4 aromatic rings. The van der Waals surface area contributed by atoms with Gasteiger partial charge in [-0.15, -0.1) is 0 Å². The van der Waals surface area contributed by atoms with Gasteiger partial charge in [-0.3, -0.25) is 9.59 Å². The predicted molar refractivity (Wildman–Crippen MR) is 142 cm³/mol. The second-order valence-electron chi connectivity index (χ2n) is 9.46. The predicted octanol–water partition coefficient (Wildman–Crippen LogP) is 4.43. The van der Waals surface area contributed by atoms with Gasteiger partial charge >= 0.3 is 5.97 Å². The number of esters is 1. The summed E-state index contributed by atoms with van der Waals surface area (Å²) in [5.74, 6) is -0.521. The highest BCUT2D eigenvalue weighted by molar-refractivity contribution is 5.93. The molecule has 2 N–H and O–H groups in total. The van der Waals surface area contributed by atoms with Gasteiger partial charge in [0.2, 0.25) is 0 Å². The number of amides is 1. The van der Waals surface area contributed by atoms with Gasteiger partial charge in [-0.05, 0) is 73.1 Å². The third kappa shape index (κ3) is 5.61. The summed E-state index contributed by atoms with van der Waals surface area (Å²) >= 11 is 0. The van der Waals surface area contributed by atoms with Gasteiger partial charge in [0.05, 0.1) is 22.5 Å². The van der Waals surface area contributed by atoms with Crippen LogP contribution in [0, 0.1) is 0 Å². The molecule has 1 aliphatic rings. The number of aromatic nitrogens is 2. The van der Waals surface area contributed by atoms with Crippen LogP contribution in [0.4, 0.5) is 0 Å². The van der Waals surface area contributed by atoms with Crippen molar-refractivity contribution in [2.24, 2.45) is 0 Å². The number of ether oxygens (including phenoxy) is 1. The van der Waals surface area contributed by atoms with Crippen molar-refractivity contribution >= 4 is 22.8 Å². The molecule has 5 rings (SSSR count). The summed E-state index contributed by atoms with van der Waals surface area (Å²) in [6, 6.07) is 20.3. The van der Waals surface area contributed by atoms with Crippen LogP contribution in [0.2, 0.25) is 0 Å². The van der Waals surface area contributed by atoms with Crippen molar-refractivity contribution in [1.29, 1.82) is 0 Å². The first-order valence-electron chi connectivity index (χ1n) is 12.6. The van der Waals surface area contributed by atoms with Crippen LogP contribution in [0.3, 0.4) is 0 Å². The van der Waals surface area contributed by atoms with Gasteiger partial charge in [0.1, 0.15) is 5.82 Å². The molecule has 1 amide bonds. The smallest absolute Gasteiger partial charge is 0.338 e. The maximum Gasteiger partial charge on any atom is 0.338 e. The fourth-order valence-electron chi connectivity index (χ4n) is 4.87. The number of aryl methyl sites for hydroxylation is 2. The van der Waals surface area contributed by atoms with E-state index >= 15 is 0 Å². The van der Waals surface area contributed by atoms with E-state index in [1.165, 1.54) is 24.0 Å². The maximum absolute atomic E-state index is 12.9. The summed E-state index contributed by atoms with van der Waals surface area (Å²) in [6.45, 7) is 1.55. The number of nitrogens with zero attached hydrogens (tertiary/aromatic N) is 1. The fraction of sp³-hybridized carbons (Fsp3) is 0.267. The lowest BCUT2D eigenvalue weighted by molar-refractivity contribution is -0.124.